The zero-order valence-corrected chi connectivity index (χ0v) is 14.8. The molecule has 0 aromatic heterocycles. The molecule has 3 rings (SSSR count). The largest absolute Gasteiger partial charge is 0.383 e. The second-order valence-corrected chi connectivity index (χ2v) is 8.51. The summed E-state index contributed by atoms with van der Waals surface area (Å²) in [7, 11) is -1.93. The first-order valence-corrected chi connectivity index (χ1v) is 9.77. The number of carbonyl (C=O) groups excluding carboxylic acids is 1. The van der Waals surface area contributed by atoms with E-state index in [2.05, 4.69) is 0 Å². The van der Waals surface area contributed by atoms with Crippen molar-refractivity contribution in [3.63, 3.8) is 0 Å². The third kappa shape index (κ3) is 3.08. The van der Waals surface area contributed by atoms with Crippen LogP contribution in [0, 0.1) is 5.41 Å². The van der Waals surface area contributed by atoms with E-state index in [4.69, 9.17) is 4.74 Å². The SMILES string of the molecule is COCCN1CCC2(CCCN(S(=O)(=O)c3ccccc3)C2)C1=O. The lowest BCUT2D eigenvalue weighted by atomic mass is 9.79. The smallest absolute Gasteiger partial charge is 0.243 e. The van der Waals surface area contributed by atoms with E-state index in [9.17, 15) is 13.2 Å². The Morgan fingerprint density at radius 2 is 1.92 bits per heavy atom. The van der Waals surface area contributed by atoms with Crippen LogP contribution >= 0.6 is 0 Å². The molecule has 2 aliphatic heterocycles. The summed E-state index contributed by atoms with van der Waals surface area (Å²) in [6.07, 6.45) is 2.20. The lowest BCUT2D eigenvalue weighted by Gasteiger charge is -2.38. The van der Waals surface area contributed by atoms with E-state index in [1.54, 1.807) is 37.4 Å². The maximum absolute atomic E-state index is 12.9. The summed E-state index contributed by atoms with van der Waals surface area (Å²) in [5.74, 6) is 0.0764. The summed E-state index contributed by atoms with van der Waals surface area (Å²) in [4.78, 5) is 14.9. The quantitative estimate of drug-likeness (QED) is 0.802. The van der Waals surface area contributed by atoms with Crippen molar-refractivity contribution < 1.29 is 17.9 Å². The van der Waals surface area contributed by atoms with Crippen LogP contribution in [0.1, 0.15) is 19.3 Å². The van der Waals surface area contributed by atoms with Gasteiger partial charge in [0, 0.05) is 33.3 Å². The first kappa shape index (κ1) is 17.4. The predicted molar refractivity (Wildman–Crippen MR) is 89.9 cm³/mol. The number of piperidine rings is 1. The summed E-state index contributed by atoms with van der Waals surface area (Å²) in [5, 5.41) is 0. The maximum Gasteiger partial charge on any atom is 0.243 e. The van der Waals surface area contributed by atoms with E-state index >= 15 is 0 Å². The second kappa shape index (κ2) is 6.82. The zero-order valence-electron chi connectivity index (χ0n) is 14.0. The van der Waals surface area contributed by atoms with Gasteiger partial charge >= 0.3 is 0 Å². The lowest BCUT2D eigenvalue weighted by molar-refractivity contribution is -0.138. The molecule has 1 unspecified atom stereocenters. The molecule has 0 radical (unpaired) electrons. The first-order chi connectivity index (χ1) is 11.5. The van der Waals surface area contributed by atoms with Crippen molar-refractivity contribution in [2.75, 3.05) is 39.9 Å². The molecule has 2 fully saturated rings. The Morgan fingerprint density at radius 1 is 1.17 bits per heavy atom. The highest BCUT2D eigenvalue weighted by Crippen LogP contribution is 2.41. The van der Waals surface area contributed by atoms with Gasteiger partial charge in [-0.1, -0.05) is 18.2 Å². The minimum atomic E-state index is -3.55. The summed E-state index contributed by atoms with van der Waals surface area (Å²) < 4.78 is 32.3. The molecule has 24 heavy (non-hydrogen) atoms. The number of hydrogen-bond donors (Lipinski definition) is 0. The fourth-order valence-corrected chi connectivity index (χ4v) is 5.31. The van der Waals surface area contributed by atoms with Crippen molar-refractivity contribution in [3.05, 3.63) is 30.3 Å². The highest BCUT2D eigenvalue weighted by Gasteiger charge is 2.50. The van der Waals surface area contributed by atoms with Gasteiger partial charge in [0.2, 0.25) is 15.9 Å². The number of likely N-dealkylation sites (tertiary alicyclic amines) is 1. The number of hydrogen-bond acceptors (Lipinski definition) is 4. The Balaban J connectivity index is 1.79. The Hall–Kier alpha value is -1.44. The molecule has 132 valence electrons. The molecule has 2 aliphatic rings. The van der Waals surface area contributed by atoms with Crippen LogP contribution in [-0.4, -0.2) is 63.4 Å². The van der Waals surface area contributed by atoms with Gasteiger partial charge in [0.15, 0.2) is 0 Å². The van der Waals surface area contributed by atoms with Crippen molar-refractivity contribution in [2.24, 2.45) is 5.41 Å². The maximum atomic E-state index is 12.9. The van der Waals surface area contributed by atoms with Crippen LogP contribution in [-0.2, 0) is 19.6 Å². The number of sulfonamides is 1. The van der Waals surface area contributed by atoms with Crippen molar-refractivity contribution in [1.82, 2.24) is 9.21 Å². The standard InChI is InChI=1S/C17H24N2O4S/c1-23-13-12-18-11-9-17(16(18)20)8-5-10-19(14-17)24(21,22)15-6-3-2-4-7-15/h2-4,6-7H,5,8-14H2,1H3. The van der Waals surface area contributed by atoms with E-state index in [1.165, 1.54) is 4.31 Å². The molecule has 0 saturated carbocycles. The van der Waals surface area contributed by atoms with Gasteiger partial charge in [-0.05, 0) is 31.4 Å². The summed E-state index contributed by atoms with van der Waals surface area (Å²) in [6.45, 7) is 2.52. The van der Waals surface area contributed by atoms with E-state index in [-0.39, 0.29) is 12.5 Å². The van der Waals surface area contributed by atoms with Gasteiger partial charge in [-0.15, -0.1) is 0 Å². The highest BCUT2D eigenvalue weighted by molar-refractivity contribution is 7.89. The van der Waals surface area contributed by atoms with Gasteiger partial charge in [0.1, 0.15) is 0 Å². The van der Waals surface area contributed by atoms with Gasteiger partial charge in [0.05, 0.1) is 16.9 Å². The van der Waals surface area contributed by atoms with Crippen LogP contribution in [0.3, 0.4) is 0 Å². The topological polar surface area (TPSA) is 66.9 Å². The molecule has 2 heterocycles. The molecule has 1 amide bonds. The van der Waals surface area contributed by atoms with Gasteiger partial charge in [0.25, 0.3) is 0 Å². The molecule has 1 aromatic carbocycles. The molecule has 7 heteroatoms. The third-order valence-electron chi connectivity index (χ3n) is 5.09. The summed E-state index contributed by atoms with van der Waals surface area (Å²) >= 11 is 0. The molecule has 1 atom stereocenters. The molecule has 0 aliphatic carbocycles. The van der Waals surface area contributed by atoms with Crippen molar-refractivity contribution in [3.8, 4) is 0 Å². The monoisotopic (exact) mass is 352 g/mol. The zero-order chi connectivity index (χ0) is 17.2. The molecular weight excluding hydrogens is 328 g/mol. The normalized spacial score (nSPS) is 25.5. The van der Waals surface area contributed by atoms with E-state index < -0.39 is 15.4 Å². The van der Waals surface area contributed by atoms with Gasteiger partial charge < -0.3 is 9.64 Å². The van der Waals surface area contributed by atoms with E-state index in [0.717, 1.165) is 19.3 Å². The van der Waals surface area contributed by atoms with Gasteiger partial charge in [-0.25, -0.2) is 8.42 Å². The summed E-state index contributed by atoms with van der Waals surface area (Å²) in [6, 6.07) is 8.46. The molecule has 2 saturated heterocycles. The number of carbonyl (C=O) groups is 1. The minimum absolute atomic E-state index is 0.0764. The van der Waals surface area contributed by atoms with Crippen LogP contribution in [0.25, 0.3) is 0 Å². The van der Waals surface area contributed by atoms with Crippen LogP contribution < -0.4 is 0 Å². The molecule has 1 aromatic rings. The van der Waals surface area contributed by atoms with E-state index in [1.807, 2.05) is 4.90 Å². The number of nitrogens with zero attached hydrogens (tertiary/aromatic N) is 2. The number of ether oxygens (including phenoxy) is 1. The van der Waals surface area contributed by atoms with Crippen LogP contribution in [0.15, 0.2) is 35.2 Å². The van der Waals surface area contributed by atoms with Crippen LogP contribution in [0.2, 0.25) is 0 Å². The van der Waals surface area contributed by atoms with Crippen LogP contribution in [0.4, 0.5) is 0 Å². The average Bonchev–Trinajstić information content (AvgIpc) is 2.90. The average molecular weight is 352 g/mol. The van der Waals surface area contributed by atoms with Gasteiger partial charge in [-0.2, -0.15) is 4.31 Å². The van der Waals surface area contributed by atoms with Crippen molar-refractivity contribution >= 4 is 15.9 Å². The second-order valence-electron chi connectivity index (χ2n) is 6.57. The number of amides is 1. The Bertz CT molecular complexity index is 692. The molecule has 0 N–H and O–H groups in total. The molecular formula is C17H24N2O4S. The number of rotatable bonds is 5. The fraction of sp³-hybridized carbons (Fsp3) is 0.588. The lowest BCUT2D eigenvalue weighted by Crippen LogP contribution is -2.50. The van der Waals surface area contributed by atoms with E-state index in [0.29, 0.717) is 31.1 Å². The fourth-order valence-electron chi connectivity index (χ4n) is 3.72. The minimum Gasteiger partial charge on any atom is -0.383 e. The van der Waals surface area contributed by atoms with Crippen molar-refractivity contribution in [1.29, 1.82) is 0 Å². The first-order valence-electron chi connectivity index (χ1n) is 8.33. The van der Waals surface area contributed by atoms with Crippen LogP contribution in [0.5, 0.6) is 0 Å². The Morgan fingerprint density at radius 3 is 2.62 bits per heavy atom. The molecule has 6 nitrogen and oxygen atoms in total. The Labute approximate surface area is 143 Å². The van der Waals surface area contributed by atoms with Gasteiger partial charge in [-0.3, -0.25) is 4.79 Å². The third-order valence-corrected chi connectivity index (χ3v) is 6.95. The predicted octanol–water partition coefficient (Wildman–Crippen LogP) is 1.34. The summed E-state index contributed by atoms with van der Waals surface area (Å²) in [5.41, 5.74) is -0.562. The van der Waals surface area contributed by atoms with Crippen molar-refractivity contribution in [2.45, 2.75) is 24.2 Å². The molecule has 0 bridgehead atoms. The molecule has 1 spiro atoms. The number of methoxy groups -OCH3 is 1. The number of benzene rings is 1. The Kier molecular flexibility index (Phi) is 4.94. The highest BCUT2D eigenvalue weighted by atomic mass is 32.2.